The van der Waals surface area contributed by atoms with Crippen molar-refractivity contribution in [1.82, 2.24) is 4.98 Å². The maximum Gasteiger partial charge on any atom is 0.131 e. The molecule has 88 valence electrons. The molecule has 0 aromatic carbocycles. The molecule has 0 amide bonds. The fraction of sp³-hybridized carbons (Fsp3) is 0.583. The first-order valence-corrected chi connectivity index (χ1v) is 5.88. The van der Waals surface area contributed by atoms with E-state index >= 15 is 0 Å². The van der Waals surface area contributed by atoms with Gasteiger partial charge in [0.05, 0.1) is 6.10 Å². The summed E-state index contributed by atoms with van der Waals surface area (Å²) in [5, 5.41) is 0. The van der Waals surface area contributed by atoms with Crippen molar-refractivity contribution in [1.29, 1.82) is 0 Å². The molecule has 0 aliphatic carbocycles. The van der Waals surface area contributed by atoms with Crippen LogP contribution in [0.5, 0.6) is 0 Å². The Hall–Kier alpha value is -1.29. The van der Waals surface area contributed by atoms with Gasteiger partial charge in [-0.25, -0.2) is 4.98 Å². The third kappa shape index (κ3) is 2.64. The minimum absolute atomic E-state index is 0.350. The molecule has 4 heteroatoms. The fourth-order valence-electron chi connectivity index (χ4n) is 2.03. The Morgan fingerprint density at radius 1 is 1.56 bits per heavy atom. The van der Waals surface area contributed by atoms with Gasteiger partial charge < -0.3 is 15.4 Å². The third-order valence-corrected chi connectivity index (χ3v) is 2.91. The number of nitrogen functional groups attached to an aromatic ring is 1. The van der Waals surface area contributed by atoms with E-state index in [2.05, 4.69) is 16.8 Å². The van der Waals surface area contributed by atoms with Crippen LogP contribution in [0.4, 0.5) is 11.6 Å². The number of aromatic nitrogens is 1. The zero-order chi connectivity index (χ0) is 11.4. The minimum Gasteiger partial charge on any atom is -0.384 e. The normalized spacial score (nSPS) is 19.9. The number of anilines is 2. The lowest BCUT2D eigenvalue weighted by Gasteiger charge is -2.25. The molecule has 1 fully saturated rings. The zero-order valence-electron chi connectivity index (χ0n) is 9.72. The summed E-state index contributed by atoms with van der Waals surface area (Å²) in [6.07, 6.45) is 2.67. The van der Waals surface area contributed by atoms with Gasteiger partial charge in [-0.1, -0.05) is 6.07 Å². The van der Waals surface area contributed by atoms with Crippen LogP contribution in [-0.4, -0.2) is 30.8 Å². The summed E-state index contributed by atoms with van der Waals surface area (Å²) in [5.74, 6) is 1.52. The van der Waals surface area contributed by atoms with E-state index in [0.29, 0.717) is 11.9 Å². The van der Waals surface area contributed by atoms with E-state index in [1.165, 1.54) is 6.42 Å². The average molecular weight is 221 g/mol. The topological polar surface area (TPSA) is 51.4 Å². The molecule has 0 spiro atoms. The van der Waals surface area contributed by atoms with Crippen molar-refractivity contribution in [3.05, 3.63) is 18.2 Å². The quantitative estimate of drug-likeness (QED) is 0.840. The van der Waals surface area contributed by atoms with Gasteiger partial charge in [0, 0.05) is 19.7 Å². The molecule has 1 aromatic heterocycles. The molecule has 1 aliphatic rings. The molecule has 0 saturated carbocycles. The van der Waals surface area contributed by atoms with Gasteiger partial charge in [-0.2, -0.15) is 0 Å². The highest BCUT2D eigenvalue weighted by molar-refractivity contribution is 5.44. The molecule has 1 atom stereocenters. The second kappa shape index (κ2) is 5.16. The molecule has 0 radical (unpaired) electrons. The molecule has 1 aliphatic heterocycles. The summed E-state index contributed by atoms with van der Waals surface area (Å²) in [7, 11) is 0. The van der Waals surface area contributed by atoms with Gasteiger partial charge in [0.25, 0.3) is 0 Å². The highest BCUT2D eigenvalue weighted by Gasteiger charge is 2.19. The molecule has 2 N–H and O–H groups in total. The van der Waals surface area contributed by atoms with Crippen LogP contribution in [0.15, 0.2) is 18.2 Å². The highest BCUT2D eigenvalue weighted by Crippen LogP contribution is 2.18. The van der Waals surface area contributed by atoms with E-state index in [1.807, 2.05) is 18.2 Å². The maximum atomic E-state index is 5.69. The average Bonchev–Trinajstić information content (AvgIpc) is 2.78. The Morgan fingerprint density at radius 2 is 2.44 bits per heavy atom. The number of rotatable bonds is 4. The molecule has 1 unspecified atom stereocenters. The van der Waals surface area contributed by atoms with Gasteiger partial charge in [0.15, 0.2) is 0 Å². The number of nitrogens with zero attached hydrogens (tertiary/aromatic N) is 2. The number of nitrogens with two attached hydrogens (primary N) is 1. The molecule has 2 rings (SSSR count). The van der Waals surface area contributed by atoms with Crippen LogP contribution in [0.2, 0.25) is 0 Å². The van der Waals surface area contributed by atoms with E-state index in [-0.39, 0.29) is 0 Å². The van der Waals surface area contributed by atoms with Crippen LogP contribution < -0.4 is 10.6 Å². The van der Waals surface area contributed by atoms with Gasteiger partial charge >= 0.3 is 0 Å². The maximum absolute atomic E-state index is 5.69. The van der Waals surface area contributed by atoms with Gasteiger partial charge in [-0.3, -0.25) is 0 Å². The SMILES string of the molecule is CCN(CC1CCCO1)c1cccc(N)n1. The minimum atomic E-state index is 0.350. The van der Waals surface area contributed by atoms with Gasteiger partial charge in [-0.15, -0.1) is 0 Å². The third-order valence-electron chi connectivity index (χ3n) is 2.91. The Bertz CT molecular complexity index is 337. The lowest BCUT2D eigenvalue weighted by Crippen LogP contribution is -2.32. The summed E-state index contributed by atoms with van der Waals surface area (Å²) in [6.45, 7) is 4.86. The van der Waals surface area contributed by atoms with Crippen LogP contribution in [0.3, 0.4) is 0 Å². The van der Waals surface area contributed by atoms with Crippen molar-refractivity contribution in [3.63, 3.8) is 0 Å². The Balaban J connectivity index is 2.03. The number of likely N-dealkylation sites (N-methyl/N-ethyl adjacent to an activating group) is 1. The second-order valence-corrected chi connectivity index (χ2v) is 4.09. The molecule has 1 aromatic rings. The number of hydrogen-bond acceptors (Lipinski definition) is 4. The van der Waals surface area contributed by atoms with Gasteiger partial charge in [0.2, 0.25) is 0 Å². The van der Waals surface area contributed by atoms with Crippen LogP contribution in [0.25, 0.3) is 0 Å². The lowest BCUT2D eigenvalue weighted by molar-refractivity contribution is 0.115. The monoisotopic (exact) mass is 221 g/mol. The van der Waals surface area contributed by atoms with E-state index in [9.17, 15) is 0 Å². The molecule has 1 saturated heterocycles. The van der Waals surface area contributed by atoms with Crippen molar-refractivity contribution >= 4 is 11.6 Å². The molecule has 2 heterocycles. The Morgan fingerprint density at radius 3 is 3.06 bits per heavy atom. The van der Waals surface area contributed by atoms with Crippen LogP contribution >= 0.6 is 0 Å². The molecule has 16 heavy (non-hydrogen) atoms. The van der Waals surface area contributed by atoms with Crippen LogP contribution in [0.1, 0.15) is 19.8 Å². The van der Waals surface area contributed by atoms with E-state index < -0.39 is 0 Å². The zero-order valence-corrected chi connectivity index (χ0v) is 9.72. The Kier molecular flexibility index (Phi) is 3.62. The fourth-order valence-corrected chi connectivity index (χ4v) is 2.03. The smallest absolute Gasteiger partial charge is 0.131 e. The summed E-state index contributed by atoms with van der Waals surface area (Å²) in [6, 6.07) is 5.74. The van der Waals surface area contributed by atoms with E-state index in [1.54, 1.807) is 0 Å². The highest BCUT2D eigenvalue weighted by atomic mass is 16.5. The molecular formula is C12H19N3O. The van der Waals surface area contributed by atoms with Gasteiger partial charge in [0.1, 0.15) is 11.6 Å². The van der Waals surface area contributed by atoms with E-state index in [4.69, 9.17) is 10.5 Å². The summed E-state index contributed by atoms with van der Waals surface area (Å²) < 4.78 is 5.64. The largest absolute Gasteiger partial charge is 0.384 e. The van der Waals surface area contributed by atoms with Crippen molar-refractivity contribution < 1.29 is 4.74 Å². The number of pyridine rings is 1. The van der Waals surface area contributed by atoms with Crippen molar-refractivity contribution in [2.45, 2.75) is 25.9 Å². The molecule has 0 bridgehead atoms. The Labute approximate surface area is 96.4 Å². The lowest BCUT2D eigenvalue weighted by atomic mass is 10.2. The van der Waals surface area contributed by atoms with Crippen molar-refractivity contribution in [2.24, 2.45) is 0 Å². The van der Waals surface area contributed by atoms with Crippen LogP contribution in [0, 0.1) is 0 Å². The summed E-state index contributed by atoms with van der Waals surface area (Å²) >= 11 is 0. The molecule has 4 nitrogen and oxygen atoms in total. The predicted octanol–water partition coefficient (Wildman–Crippen LogP) is 1.67. The number of ether oxygens (including phenoxy) is 1. The first-order valence-electron chi connectivity index (χ1n) is 5.88. The summed E-state index contributed by atoms with van der Waals surface area (Å²) in [4.78, 5) is 6.55. The van der Waals surface area contributed by atoms with Crippen LogP contribution in [-0.2, 0) is 4.74 Å². The number of hydrogen-bond donors (Lipinski definition) is 1. The predicted molar refractivity (Wildman–Crippen MR) is 65.5 cm³/mol. The van der Waals surface area contributed by atoms with Crippen molar-refractivity contribution in [2.75, 3.05) is 30.3 Å². The summed E-state index contributed by atoms with van der Waals surface area (Å²) in [5.41, 5.74) is 5.69. The molecular weight excluding hydrogens is 202 g/mol. The first kappa shape index (κ1) is 11.2. The standard InChI is InChI=1S/C12H19N3O/c1-2-15(9-10-5-4-8-16-10)12-7-3-6-11(13)14-12/h3,6-7,10H,2,4-5,8-9H2,1H3,(H2,13,14). The van der Waals surface area contributed by atoms with E-state index in [0.717, 1.165) is 31.9 Å². The first-order chi connectivity index (χ1) is 7.79. The second-order valence-electron chi connectivity index (χ2n) is 4.09. The van der Waals surface area contributed by atoms with Crippen molar-refractivity contribution in [3.8, 4) is 0 Å². The van der Waals surface area contributed by atoms with Gasteiger partial charge in [-0.05, 0) is 31.9 Å².